The fourth-order valence-corrected chi connectivity index (χ4v) is 1.10. The Hall–Kier alpha value is -0.120. The second-order valence-corrected chi connectivity index (χ2v) is 3.95. The third kappa shape index (κ3) is 1.94. The van der Waals surface area contributed by atoms with Crippen molar-refractivity contribution in [1.82, 2.24) is 16.4 Å². The average molecular weight is 143 g/mol. The van der Waals surface area contributed by atoms with Gasteiger partial charge in [0.25, 0.3) is 0 Å². The topological polar surface area (TPSA) is 36.1 Å². The number of hydrogen-bond acceptors (Lipinski definition) is 3. The van der Waals surface area contributed by atoms with Crippen LogP contribution in [0.2, 0.25) is 0 Å². The fourth-order valence-electron chi connectivity index (χ4n) is 1.10. The second kappa shape index (κ2) is 2.86. The Kier molecular flexibility index (Phi) is 2.28. The van der Waals surface area contributed by atoms with Crippen LogP contribution in [0.3, 0.4) is 0 Å². The molecule has 1 saturated heterocycles. The second-order valence-electron chi connectivity index (χ2n) is 3.95. The first-order valence-corrected chi connectivity index (χ1v) is 3.81. The molecule has 1 aliphatic heterocycles. The highest BCUT2D eigenvalue weighted by Gasteiger charge is 2.25. The quantitative estimate of drug-likeness (QED) is 0.455. The molecule has 0 aromatic carbocycles. The van der Waals surface area contributed by atoms with Crippen molar-refractivity contribution in [1.29, 1.82) is 0 Å². The van der Waals surface area contributed by atoms with Crippen LogP contribution in [-0.4, -0.2) is 13.1 Å². The largest absolute Gasteiger partial charge is 0.244 e. The van der Waals surface area contributed by atoms with E-state index in [9.17, 15) is 0 Å². The third-order valence-electron chi connectivity index (χ3n) is 2.10. The fraction of sp³-hybridized carbons (Fsp3) is 1.00. The van der Waals surface area contributed by atoms with E-state index in [0.29, 0.717) is 11.3 Å². The molecule has 3 nitrogen and oxygen atoms in total. The van der Waals surface area contributed by atoms with Crippen LogP contribution in [0.4, 0.5) is 0 Å². The van der Waals surface area contributed by atoms with Crippen molar-refractivity contribution in [3.8, 4) is 0 Å². The molecule has 0 spiro atoms. The molecule has 0 atom stereocenters. The number of hydrazine groups is 2. The van der Waals surface area contributed by atoms with Gasteiger partial charge in [-0.1, -0.05) is 20.8 Å². The van der Waals surface area contributed by atoms with Gasteiger partial charge in [-0.15, -0.1) is 0 Å². The summed E-state index contributed by atoms with van der Waals surface area (Å²) in [5.41, 5.74) is 9.45. The zero-order chi connectivity index (χ0) is 7.61. The lowest BCUT2D eigenvalue weighted by Gasteiger charge is -2.34. The molecule has 3 N–H and O–H groups in total. The van der Waals surface area contributed by atoms with Crippen molar-refractivity contribution >= 4 is 0 Å². The van der Waals surface area contributed by atoms with Gasteiger partial charge in [0.15, 0.2) is 0 Å². The standard InChI is InChI=1S/C7H17N3/c1-7(2,3)6-4-8-10-9-5-6/h6,8-10H,4-5H2,1-3H3. The van der Waals surface area contributed by atoms with Gasteiger partial charge in [0.1, 0.15) is 0 Å². The van der Waals surface area contributed by atoms with Crippen LogP contribution in [0.15, 0.2) is 0 Å². The molecular weight excluding hydrogens is 126 g/mol. The lowest BCUT2D eigenvalue weighted by molar-refractivity contribution is 0.167. The van der Waals surface area contributed by atoms with E-state index < -0.39 is 0 Å². The predicted octanol–water partition coefficient (Wildman–Crippen LogP) is 0.261. The van der Waals surface area contributed by atoms with Gasteiger partial charge in [0.2, 0.25) is 0 Å². The minimum absolute atomic E-state index is 0.405. The summed E-state index contributed by atoms with van der Waals surface area (Å²) < 4.78 is 0. The van der Waals surface area contributed by atoms with E-state index in [0.717, 1.165) is 13.1 Å². The number of nitrogens with one attached hydrogen (secondary N) is 3. The van der Waals surface area contributed by atoms with Gasteiger partial charge in [-0.3, -0.25) is 0 Å². The molecule has 0 amide bonds. The smallest absolute Gasteiger partial charge is 0.0159 e. The molecule has 1 heterocycles. The van der Waals surface area contributed by atoms with E-state index in [1.807, 2.05) is 0 Å². The summed E-state index contributed by atoms with van der Waals surface area (Å²) >= 11 is 0. The van der Waals surface area contributed by atoms with Gasteiger partial charge in [-0.25, -0.2) is 10.9 Å². The highest BCUT2D eigenvalue weighted by Crippen LogP contribution is 2.24. The van der Waals surface area contributed by atoms with Crippen LogP contribution in [0.25, 0.3) is 0 Å². The molecular formula is C7H17N3. The van der Waals surface area contributed by atoms with Crippen molar-refractivity contribution in [2.45, 2.75) is 20.8 Å². The van der Waals surface area contributed by atoms with Gasteiger partial charge in [0, 0.05) is 13.1 Å². The lowest BCUT2D eigenvalue weighted by Crippen LogP contribution is -2.56. The molecule has 0 aliphatic carbocycles. The van der Waals surface area contributed by atoms with Crippen LogP contribution in [0.5, 0.6) is 0 Å². The van der Waals surface area contributed by atoms with Gasteiger partial charge in [-0.05, 0) is 11.3 Å². The van der Waals surface area contributed by atoms with Gasteiger partial charge in [-0.2, -0.15) is 5.53 Å². The predicted molar refractivity (Wildman–Crippen MR) is 42.1 cm³/mol. The van der Waals surface area contributed by atoms with Crippen molar-refractivity contribution in [3.05, 3.63) is 0 Å². The Balaban J connectivity index is 2.39. The zero-order valence-corrected chi connectivity index (χ0v) is 6.99. The lowest BCUT2D eigenvalue weighted by atomic mass is 9.80. The first-order chi connectivity index (χ1) is 4.61. The minimum Gasteiger partial charge on any atom is -0.244 e. The SMILES string of the molecule is CC(C)(C)C1CNNNC1. The summed E-state index contributed by atoms with van der Waals surface area (Å²) in [4.78, 5) is 0. The van der Waals surface area contributed by atoms with Crippen LogP contribution >= 0.6 is 0 Å². The van der Waals surface area contributed by atoms with E-state index in [2.05, 4.69) is 37.2 Å². The Morgan fingerprint density at radius 2 is 1.60 bits per heavy atom. The molecule has 1 aliphatic rings. The van der Waals surface area contributed by atoms with Gasteiger partial charge < -0.3 is 0 Å². The van der Waals surface area contributed by atoms with Crippen molar-refractivity contribution in [2.75, 3.05) is 13.1 Å². The summed E-state index contributed by atoms with van der Waals surface area (Å²) in [6, 6.07) is 0. The van der Waals surface area contributed by atoms with Crippen LogP contribution < -0.4 is 16.4 Å². The van der Waals surface area contributed by atoms with E-state index in [4.69, 9.17) is 0 Å². The van der Waals surface area contributed by atoms with Gasteiger partial charge in [0.05, 0.1) is 0 Å². The maximum atomic E-state index is 3.08. The summed E-state index contributed by atoms with van der Waals surface area (Å²) in [7, 11) is 0. The Morgan fingerprint density at radius 3 is 1.90 bits per heavy atom. The summed E-state index contributed by atoms with van der Waals surface area (Å²) in [5.74, 6) is 0.716. The molecule has 60 valence electrons. The van der Waals surface area contributed by atoms with Crippen LogP contribution in [-0.2, 0) is 0 Å². The molecule has 0 saturated carbocycles. The summed E-state index contributed by atoms with van der Waals surface area (Å²) in [5, 5.41) is 0. The van der Waals surface area contributed by atoms with Crippen LogP contribution in [0.1, 0.15) is 20.8 Å². The molecule has 0 unspecified atom stereocenters. The maximum absolute atomic E-state index is 3.08. The Labute approximate surface area is 62.5 Å². The van der Waals surface area contributed by atoms with Gasteiger partial charge >= 0.3 is 0 Å². The molecule has 1 rings (SSSR count). The molecule has 0 bridgehead atoms. The Morgan fingerprint density at radius 1 is 1.10 bits per heavy atom. The third-order valence-corrected chi connectivity index (χ3v) is 2.10. The van der Waals surface area contributed by atoms with E-state index in [1.54, 1.807) is 0 Å². The average Bonchev–Trinajstić information content (AvgIpc) is 1.88. The summed E-state index contributed by atoms with van der Waals surface area (Å²) in [6.07, 6.45) is 0. The van der Waals surface area contributed by atoms with E-state index >= 15 is 0 Å². The maximum Gasteiger partial charge on any atom is 0.0159 e. The van der Waals surface area contributed by atoms with Crippen molar-refractivity contribution in [3.63, 3.8) is 0 Å². The highest BCUT2D eigenvalue weighted by atomic mass is 15.6. The zero-order valence-electron chi connectivity index (χ0n) is 6.99. The molecule has 10 heavy (non-hydrogen) atoms. The minimum atomic E-state index is 0.405. The highest BCUT2D eigenvalue weighted by molar-refractivity contribution is 4.78. The molecule has 3 heteroatoms. The number of hydrogen-bond donors (Lipinski definition) is 3. The first-order valence-electron chi connectivity index (χ1n) is 3.81. The first kappa shape index (κ1) is 7.98. The monoisotopic (exact) mass is 143 g/mol. The van der Waals surface area contributed by atoms with Crippen LogP contribution in [0, 0.1) is 11.3 Å². The van der Waals surface area contributed by atoms with Crippen molar-refractivity contribution < 1.29 is 0 Å². The molecule has 0 aromatic heterocycles. The van der Waals surface area contributed by atoms with Crippen molar-refractivity contribution in [2.24, 2.45) is 11.3 Å². The van der Waals surface area contributed by atoms with E-state index in [1.165, 1.54) is 0 Å². The molecule has 1 fully saturated rings. The normalized spacial score (nSPS) is 23.1. The summed E-state index contributed by atoms with van der Waals surface area (Å²) in [6.45, 7) is 8.91. The Bertz CT molecular complexity index is 99.9. The molecule has 0 radical (unpaired) electrons. The number of rotatable bonds is 0. The van der Waals surface area contributed by atoms with E-state index in [-0.39, 0.29) is 0 Å². The molecule has 0 aromatic rings.